The molecule has 0 saturated carbocycles. The Morgan fingerprint density at radius 1 is 1.27 bits per heavy atom. The van der Waals surface area contributed by atoms with E-state index in [1.54, 1.807) is 20.8 Å². The summed E-state index contributed by atoms with van der Waals surface area (Å²) in [6.07, 6.45) is -5.17. The van der Waals surface area contributed by atoms with Gasteiger partial charge in [-0.05, 0) is 43.2 Å². The van der Waals surface area contributed by atoms with Crippen molar-refractivity contribution in [2.24, 2.45) is 5.14 Å². The first kappa shape index (κ1) is 33.1. The van der Waals surface area contributed by atoms with Crippen molar-refractivity contribution >= 4 is 61.2 Å². The predicted octanol–water partition coefficient (Wildman–Crippen LogP) is -0.688. The third-order valence-corrected chi connectivity index (χ3v) is 10.1. The van der Waals surface area contributed by atoms with E-state index in [0.29, 0.717) is 0 Å². The average Bonchev–Trinajstić information content (AvgIpc) is 3.28. The lowest BCUT2D eigenvalue weighted by Crippen LogP contribution is -2.71. The summed E-state index contributed by atoms with van der Waals surface area (Å²) < 4.78 is 90.0. The summed E-state index contributed by atoms with van der Waals surface area (Å²) in [5.41, 5.74) is -0.943. The zero-order valence-electron chi connectivity index (χ0n) is 21.7. The molecule has 0 radical (unpaired) electrons. The van der Waals surface area contributed by atoms with Crippen LogP contribution in [0.3, 0.4) is 0 Å². The minimum Gasteiger partial charge on any atom is -0.455 e. The van der Waals surface area contributed by atoms with Gasteiger partial charge in [0.1, 0.15) is 34.2 Å². The Morgan fingerprint density at radius 2 is 1.93 bits per heavy atom. The van der Waals surface area contributed by atoms with Gasteiger partial charge in [-0.25, -0.2) is 31.9 Å². The number of β-lactam (4-membered cyclic amide) rings is 1. The molecule has 22 heteroatoms. The summed E-state index contributed by atoms with van der Waals surface area (Å²) >= 11 is 2.03. The van der Waals surface area contributed by atoms with Gasteiger partial charge in [-0.2, -0.15) is 13.2 Å². The lowest BCUT2D eigenvalue weighted by molar-refractivity contribution is -0.159. The Balaban J connectivity index is 1.92. The molecule has 3 atom stereocenters. The summed E-state index contributed by atoms with van der Waals surface area (Å²) in [4.78, 5) is 39.8. The van der Waals surface area contributed by atoms with Crippen LogP contribution in [-0.2, 0) is 39.0 Å². The maximum absolute atomic E-state index is 13.4. The molecule has 2 aliphatic heterocycles. The Labute approximate surface area is 240 Å². The number of H-pyrrole nitrogens is 1. The number of amides is 2. The molecule has 0 bridgehead atoms. The average molecular weight is 666 g/mol. The fraction of sp³-hybridized carbons (Fsp3) is 0.684. The molecule has 230 valence electrons. The van der Waals surface area contributed by atoms with E-state index in [2.05, 4.69) is 25.9 Å². The molecule has 2 unspecified atom stereocenters. The second-order valence-corrected chi connectivity index (χ2v) is 16.0. The number of nitrogens with zero attached hydrogens (tertiary/aromatic N) is 4. The third-order valence-electron chi connectivity index (χ3n) is 5.27. The molecule has 1 saturated heterocycles. The number of thioether (sulfide) groups is 2. The summed E-state index contributed by atoms with van der Waals surface area (Å²) in [6.45, 7) is 4.74. The number of halogens is 3. The fourth-order valence-electron chi connectivity index (χ4n) is 3.83. The van der Waals surface area contributed by atoms with Crippen LogP contribution in [0.4, 0.5) is 13.2 Å². The summed E-state index contributed by atoms with van der Waals surface area (Å²) in [7, 11) is -8.80. The standard InChI is InChI=1S/C19H26F3N7O8S4/c1-18(2,3)37-16(32)13-9(10(4-5-41(23,35)36)39-17-25-27-28-26-17)6-38-15-12(14(31)29(13)15)24-11(30)7-40(33,34)8-19(20,21)22/h10,12,15H,4-8H2,1-3H3,(H,24,30)(H2,23,35,36)(H,25,26,27,28)/t10?,12?,15-/m0/s1. The van der Waals surface area contributed by atoms with E-state index >= 15 is 0 Å². The molecular formula is C19H26F3N7O8S4. The van der Waals surface area contributed by atoms with Crippen LogP contribution >= 0.6 is 23.5 Å². The molecular weight excluding hydrogens is 640 g/mol. The van der Waals surface area contributed by atoms with E-state index < -0.39 is 83.3 Å². The van der Waals surface area contributed by atoms with Crippen LogP contribution in [0.5, 0.6) is 0 Å². The minimum absolute atomic E-state index is 0.0195. The molecule has 3 rings (SSSR count). The molecule has 15 nitrogen and oxygen atoms in total. The molecule has 3 heterocycles. The number of carbonyl (C=O) groups is 3. The molecule has 4 N–H and O–H groups in total. The van der Waals surface area contributed by atoms with Gasteiger partial charge in [-0.1, -0.05) is 11.8 Å². The topological polar surface area (TPSA) is 224 Å². The maximum atomic E-state index is 13.4. The van der Waals surface area contributed by atoms with Crippen molar-refractivity contribution in [2.45, 2.75) is 60.8 Å². The molecule has 1 aromatic rings. The number of carbonyl (C=O) groups excluding carboxylic acids is 3. The summed E-state index contributed by atoms with van der Waals surface area (Å²) in [5, 5.41) is 18.9. The predicted molar refractivity (Wildman–Crippen MR) is 139 cm³/mol. The van der Waals surface area contributed by atoms with Crippen molar-refractivity contribution in [3.8, 4) is 0 Å². The van der Waals surface area contributed by atoms with E-state index in [0.717, 1.165) is 28.4 Å². The fourth-order valence-corrected chi connectivity index (χ4v) is 8.18. The van der Waals surface area contributed by atoms with Crippen molar-refractivity contribution in [1.82, 2.24) is 30.8 Å². The molecule has 2 aliphatic rings. The Hall–Kier alpha value is -2.43. The van der Waals surface area contributed by atoms with E-state index in [9.17, 15) is 44.4 Å². The van der Waals surface area contributed by atoms with Gasteiger partial charge in [0.25, 0.3) is 5.91 Å². The number of aromatic nitrogens is 4. The van der Waals surface area contributed by atoms with Crippen molar-refractivity contribution in [3.63, 3.8) is 0 Å². The molecule has 1 aromatic heterocycles. The minimum atomic E-state index is -5.05. The van der Waals surface area contributed by atoms with Gasteiger partial charge in [0.05, 0.1) is 5.75 Å². The number of hydrogen-bond acceptors (Lipinski definition) is 13. The van der Waals surface area contributed by atoms with E-state index in [1.807, 2.05) is 0 Å². The van der Waals surface area contributed by atoms with Gasteiger partial charge < -0.3 is 10.1 Å². The number of alkyl halides is 3. The number of esters is 1. The van der Waals surface area contributed by atoms with Crippen molar-refractivity contribution in [1.29, 1.82) is 0 Å². The summed E-state index contributed by atoms with van der Waals surface area (Å²) in [5.74, 6) is -7.27. The van der Waals surface area contributed by atoms with Gasteiger partial charge in [-0.3, -0.25) is 14.5 Å². The molecule has 0 spiro atoms. The second kappa shape index (κ2) is 12.1. The Morgan fingerprint density at radius 3 is 2.46 bits per heavy atom. The first-order valence-electron chi connectivity index (χ1n) is 11.5. The van der Waals surface area contributed by atoms with Crippen LogP contribution in [-0.4, -0.2) is 112 Å². The van der Waals surface area contributed by atoms with Gasteiger partial charge in [0, 0.05) is 11.0 Å². The van der Waals surface area contributed by atoms with Crippen LogP contribution in [0.25, 0.3) is 0 Å². The van der Waals surface area contributed by atoms with E-state index in [-0.39, 0.29) is 28.6 Å². The van der Waals surface area contributed by atoms with Crippen LogP contribution in [0.1, 0.15) is 27.2 Å². The van der Waals surface area contributed by atoms with Gasteiger partial charge >= 0.3 is 12.1 Å². The number of ether oxygens (including phenoxy) is 1. The number of sulfonamides is 1. The number of primary sulfonamides is 1. The highest BCUT2D eigenvalue weighted by Crippen LogP contribution is 2.45. The van der Waals surface area contributed by atoms with Gasteiger partial charge in [-0.15, -0.1) is 16.9 Å². The molecule has 1 fully saturated rings. The van der Waals surface area contributed by atoms with E-state index in [1.165, 1.54) is 0 Å². The molecule has 41 heavy (non-hydrogen) atoms. The highest BCUT2D eigenvalue weighted by molar-refractivity contribution is 8.01. The highest BCUT2D eigenvalue weighted by Gasteiger charge is 2.55. The largest absolute Gasteiger partial charge is 0.455 e. The molecule has 0 aliphatic carbocycles. The maximum Gasteiger partial charge on any atom is 0.402 e. The quantitative estimate of drug-likeness (QED) is 0.151. The molecule has 2 amide bonds. The lowest BCUT2D eigenvalue weighted by Gasteiger charge is -2.50. The number of nitrogens with two attached hydrogens (primary N) is 1. The number of nitrogens with one attached hydrogen (secondary N) is 2. The Bertz CT molecular complexity index is 1430. The normalized spacial score (nSPS) is 20.8. The van der Waals surface area contributed by atoms with Gasteiger partial charge in [0.15, 0.2) is 9.84 Å². The van der Waals surface area contributed by atoms with Crippen molar-refractivity contribution in [2.75, 3.05) is 23.0 Å². The lowest BCUT2D eigenvalue weighted by atomic mass is 10.0. The number of rotatable bonds is 11. The SMILES string of the molecule is CC(C)(C)OC(=O)C1=C(C(CCS(N)(=O)=O)Sc2nnn[nH]2)CS[C@H]2C(NC(=O)CS(=O)(=O)CC(F)(F)F)C(=O)N12. The smallest absolute Gasteiger partial charge is 0.402 e. The monoisotopic (exact) mass is 665 g/mol. The first-order valence-corrected chi connectivity index (χ1v) is 17.0. The van der Waals surface area contributed by atoms with Crippen LogP contribution in [0, 0.1) is 0 Å². The first-order chi connectivity index (χ1) is 18.7. The van der Waals surface area contributed by atoms with E-state index in [4.69, 9.17) is 9.88 Å². The Kier molecular flexibility index (Phi) is 9.72. The zero-order valence-corrected chi connectivity index (χ0v) is 24.9. The number of tetrazole rings is 1. The number of sulfone groups is 1. The van der Waals surface area contributed by atoms with Crippen LogP contribution in [0.2, 0.25) is 0 Å². The zero-order chi connectivity index (χ0) is 31.0. The van der Waals surface area contributed by atoms with Gasteiger partial charge in [0.2, 0.25) is 21.1 Å². The highest BCUT2D eigenvalue weighted by atomic mass is 32.2. The number of fused-ring (bicyclic) bond motifs is 1. The van der Waals surface area contributed by atoms with Crippen LogP contribution < -0.4 is 10.5 Å². The van der Waals surface area contributed by atoms with Crippen LogP contribution in [0.15, 0.2) is 16.4 Å². The third kappa shape index (κ3) is 9.28. The summed E-state index contributed by atoms with van der Waals surface area (Å²) in [6, 6.07) is -1.35. The van der Waals surface area contributed by atoms with Crippen molar-refractivity contribution in [3.05, 3.63) is 11.3 Å². The second-order valence-electron chi connectivity index (χ2n) is 9.95. The number of hydrogen-bond donors (Lipinski definition) is 3. The number of aromatic amines is 1. The van der Waals surface area contributed by atoms with Crippen molar-refractivity contribution < 1.29 is 49.1 Å². The molecule has 0 aromatic carbocycles.